The first kappa shape index (κ1) is 19.5. The van der Waals surface area contributed by atoms with E-state index in [1.807, 2.05) is 61.2 Å². The Morgan fingerprint density at radius 3 is 2.32 bits per heavy atom. The van der Waals surface area contributed by atoms with Crippen LogP contribution >= 0.6 is 0 Å². The van der Waals surface area contributed by atoms with Crippen molar-refractivity contribution in [2.45, 2.75) is 26.8 Å². The number of rotatable bonds is 7. The summed E-state index contributed by atoms with van der Waals surface area (Å²) in [4.78, 5) is 23.7. The molecule has 144 valence electrons. The van der Waals surface area contributed by atoms with E-state index in [1.165, 1.54) is 5.56 Å². The molecule has 0 radical (unpaired) electrons. The van der Waals surface area contributed by atoms with Crippen LogP contribution in [0.25, 0.3) is 0 Å². The number of amides is 1. The summed E-state index contributed by atoms with van der Waals surface area (Å²) in [6.45, 7) is 4.81. The molecule has 3 aromatic rings. The van der Waals surface area contributed by atoms with Crippen molar-refractivity contribution >= 4 is 5.91 Å². The van der Waals surface area contributed by atoms with Crippen LogP contribution in [0.4, 0.5) is 0 Å². The topological polar surface area (TPSA) is 55.3 Å². The predicted octanol–water partition coefficient (Wildman–Crippen LogP) is 3.99. The van der Waals surface area contributed by atoms with E-state index in [2.05, 4.69) is 22.1 Å². The first-order valence-corrected chi connectivity index (χ1v) is 9.33. The fourth-order valence-electron chi connectivity index (χ4n) is 3.10. The molecule has 0 N–H and O–H groups in total. The highest BCUT2D eigenvalue weighted by molar-refractivity contribution is 5.92. The monoisotopic (exact) mass is 375 g/mol. The van der Waals surface area contributed by atoms with Crippen LogP contribution in [0.1, 0.15) is 33.1 Å². The molecule has 0 atom stereocenters. The number of aromatic nitrogens is 2. The van der Waals surface area contributed by atoms with Gasteiger partial charge in [0.25, 0.3) is 5.91 Å². The second kappa shape index (κ2) is 9.13. The summed E-state index contributed by atoms with van der Waals surface area (Å²) in [6, 6.07) is 19.7. The molecule has 0 saturated heterocycles. The van der Waals surface area contributed by atoms with Gasteiger partial charge in [0.15, 0.2) is 0 Å². The summed E-state index contributed by atoms with van der Waals surface area (Å²) in [5.74, 6) is 1.32. The molecule has 0 fully saturated rings. The molecule has 0 saturated carbocycles. The number of aryl methyl sites for hydroxylation is 2. The van der Waals surface area contributed by atoms with E-state index in [0.717, 1.165) is 23.4 Å². The molecule has 28 heavy (non-hydrogen) atoms. The van der Waals surface area contributed by atoms with Crippen LogP contribution < -0.4 is 4.74 Å². The van der Waals surface area contributed by atoms with Crippen molar-refractivity contribution in [1.29, 1.82) is 0 Å². The number of hydrogen-bond donors (Lipinski definition) is 0. The number of hydrogen-bond acceptors (Lipinski definition) is 4. The fraction of sp³-hybridized carbons (Fsp3) is 0.261. The third-order valence-electron chi connectivity index (χ3n) is 4.52. The van der Waals surface area contributed by atoms with Crippen LogP contribution in [0.5, 0.6) is 5.75 Å². The lowest BCUT2D eigenvalue weighted by atomic mass is 10.1. The number of ether oxygens (including phenoxy) is 1. The maximum absolute atomic E-state index is 13.2. The molecule has 3 rings (SSSR count). The van der Waals surface area contributed by atoms with Gasteiger partial charge in [-0.3, -0.25) is 4.79 Å². The molecule has 0 unspecified atom stereocenters. The van der Waals surface area contributed by atoms with Crippen LogP contribution in [0.15, 0.2) is 60.7 Å². The SMILES string of the molecule is COc1ccc(CN(CCc2ccccc2)C(=O)c2cc(C)nc(C)n2)cc1. The highest BCUT2D eigenvalue weighted by atomic mass is 16.5. The number of methoxy groups -OCH3 is 1. The van der Waals surface area contributed by atoms with Crippen molar-refractivity contribution in [3.8, 4) is 5.75 Å². The van der Waals surface area contributed by atoms with Gasteiger partial charge in [0.05, 0.1) is 7.11 Å². The maximum Gasteiger partial charge on any atom is 0.272 e. The molecular weight excluding hydrogens is 350 g/mol. The Bertz CT molecular complexity index is 904. The Hall–Kier alpha value is -3.21. The van der Waals surface area contributed by atoms with E-state index >= 15 is 0 Å². The number of nitrogens with zero attached hydrogens (tertiary/aromatic N) is 3. The summed E-state index contributed by atoms with van der Waals surface area (Å²) >= 11 is 0. The minimum absolute atomic E-state index is 0.0830. The maximum atomic E-state index is 13.2. The molecule has 0 aliphatic rings. The van der Waals surface area contributed by atoms with Crippen molar-refractivity contribution in [2.75, 3.05) is 13.7 Å². The van der Waals surface area contributed by atoms with Crippen LogP contribution in [0.2, 0.25) is 0 Å². The third kappa shape index (κ3) is 5.16. The van der Waals surface area contributed by atoms with Crippen molar-refractivity contribution in [2.24, 2.45) is 0 Å². The quantitative estimate of drug-likeness (QED) is 0.627. The fourth-order valence-corrected chi connectivity index (χ4v) is 3.10. The molecule has 0 aliphatic heterocycles. The molecule has 0 aliphatic carbocycles. The summed E-state index contributed by atoms with van der Waals surface area (Å²) < 4.78 is 5.23. The highest BCUT2D eigenvalue weighted by Gasteiger charge is 2.18. The summed E-state index contributed by atoms with van der Waals surface area (Å²) in [7, 11) is 1.64. The molecule has 5 nitrogen and oxygen atoms in total. The Labute approximate surface area is 166 Å². The van der Waals surface area contributed by atoms with Gasteiger partial charge < -0.3 is 9.64 Å². The molecule has 0 bridgehead atoms. The molecule has 2 aromatic carbocycles. The molecule has 1 amide bonds. The normalized spacial score (nSPS) is 10.5. The minimum atomic E-state index is -0.0830. The smallest absolute Gasteiger partial charge is 0.272 e. The number of carbonyl (C=O) groups is 1. The van der Waals surface area contributed by atoms with Crippen LogP contribution in [-0.2, 0) is 13.0 Å². The first-order valence-electron chi connectivity index (χ1n) is 9.33. The lowest BCUT2D eigenvalue weighted by Crippen LogP contribution is -2.33. The number of benzene rings is 2. The Balaban J connectivity index is 1.82. The molecule has 1 heterocycles. The molecule has 1 aromatic heterocycles. The second-order valence-electron chi connectivity index (χ2n) is 6.75. The van der Waals surface area contributed by atoms with Crippen LogP contribution in [-0.4, -0.2) is 34.4 Å². The zero-order valence-corrected chi connectivity index (χ0v) is 16.6. The molecular formula is C23H25N3O2. The van der Waals surface area contributed by atoms with Gasteiger partial charge in [-0.05, 0) is 49.6 Å². The van der Waals surface area contributed by atoms with Crippen molar-refractivity contribution in [1.82, 2.24) is 14.9 Å². The predicted molar refractivity (Wildman–Crippen MR) is 109 cm³/mol. The van der Waals surface area contributed by atoms with Crippen molar-refractivity contribution in [3.63, 3.8) is 0 Å². The summed E-state index contributed by atoms with van der Waals surface area (Å²) in [6.07, 6.45) is 0.784. The van der Waals surface area contributed by atoms with Crippen molar-refractivity contribution in [3.05, 3.63) is 89.0 Å². The highest BCUT2D eigenvalue weighted by Crippen LogP contribution is 2.15. The summed E-state index contributed by atoms with van der Waals surface area (Å²) in [5, 5.41) is 0. The van der Waals surface area contributed by atoms with Crippen LogP contribution in [0, 0.1) is 13.8 Å². The van der Waals surface area contributed by atoms with E-state index in [4.69, 9.17) is 4.74 Å². The molecule has 5 heteroatoms. The zero-order valence-electron chi connectivity index (χ0n) is 16.6. The Kier molecular flexibility index (Phi) is 6.37. The third-order valence-corrected chi connectivity index (χ3v) is 4.52. The van der Waals surface area contributed by atoms with Crippen molar-refractivity contribution < 1.29 is 9.53 Å². The molecule has 0 spiro atoms. The number of carbonyl (C=O) groups excluding carboxylic acids is 1. The summed E-state index contributed by atoms with van der Waals surface area (Å²) in [5.41, 5.74) is 3.48. The van der Waals surface area contributed by atoms with E-state index < -0.39 is 0 Å². The average molecular weight is 375 g/mol. The van der Waals surface area contributed by atoms with Gasteiger partial charge in [-0.15, -0.1) is 0 Å². The Morgan fingerprint density at radius 2 is 1.68 bits per heavy atom. The van der Waals surface area contributed by atoms with Gasteiger partial charge in [-0.2, -0.15) is 0 Å². The Morgan fingerprint density at radius 1 is 0.964 bits per heavy atom. The first-order chi connectivity index (χ1) is 13.5. The largest absolute Gasteiger partial charge is 0.497 e. The van der Waals surface area contributed by atoms with Crippen LogP contribution in [0.3, 0.4) is 0 Å². The van der Waals surface area contributed by atoms with Gasteiger partial charge >= 0.3 is 0 Å². The average Bonchev–Trinajstić information content (AvgIpc) is 2.71. The van der Waals surface area contributed by atoms with Gasteiger partial charge in [0.1, 0.15) is 17.3 Å². The van der Waals surface area contributed by atoms with Gasteiger partial charge in [0.2, 0.25) is 0 Å². The standard InChI is InChI=1S/C23H25N3O2/c1-17-15-22(25-18(2)24-17)23(27)26(14-13-19-7-5-4-6-8-19)16-20-9-11-21(28-3)12-10-20/h4-12,15H,13-14,16H2,1-3H3. The van der Waals surface area contributed by atoms with Gasteiger partial charge in [-0.25, -0.2) is 9.97 Å². The lowest BCUT2D eigenvalue weighted by Gasteiger charge is -2.23. The van der Waals surface area contributed by atoms with Gasteiger partial charge in [-0.1, -0.05) is 42.5 Å². The second-order valence-corrected chi connectivity index (χ2v) is 6.75. The lowest BCUT2D eigenvalue weighted by molar-refractivity contribution is 0.0738. The van der Waals surface area contributed by atoms with Gasteiger partial charge in [0, 0.05) is 18.8 Å². The minimum Gasteiger partial charge on any atom is -0.497 e. The van der Waals surface area contributed by atoms with E-state index in [-0.39, 0.29) is 5.91 Å². The van der Waals surface area contributed by atoms with E-state index in [9.17, 15) is 4.79 Å². The van der Waals surface area contributed by atoms with E-state index in [0.29, 0.717) is 24.6 Å². The zero-order chi connectivity index (χ0) is 19.9. The van der Waals surface area contributed by atoms with E-state index in [1.54, 1.807) is 13.2 Å².